The molecule has 27 heavy (non-hydrogen) atoms. The van der Waals surface area contributed by atoms with Crippen LogP contribution in [0.5, 0.6) is 0 Å². The number of anilines is 1. The highest BCUT2D eigenvalue weighted by Gasteiger charge is 2.19. The van der Waals surface area contributed by atoms with Crippen molar-refractivity contribution in [3.05, 3.63) is 35.9 Å². The van der Waals surface area contributed by atoms with Gasteiger partial charge in [-0.1, -0.05) is 31.9 Å². The van der Waals surface area contributed by atoms with E-state index < -0.39 is 5.60 Å². The van der Waals surface area contributed by atoms with Crippen LogP contribution in [0.25, 0.3) is 22.6 Å². The second-order valence-corrected chi connectivity index (χ2v) is 6.28. The summed E-state index contributed by atoms with van der Waals surface area (Å²) in [6.07, 6.45) is 1.01. The molecule has 0 aliphatic rings. The van der Waals surface area contributed by atoms with Gasteiger partial charge in [0, 0.05) is 12.1 Å². The summed E-state index contributed by atoms with van der Waals surface area (Å²) < 4.78 is 15.5. The number of halogens is 1. The Bertz CT molecular complexity index is 1040. The van der Waals surface area contributed by atoms with E-state index in [1.165, 1.54) is 12.1 Å². The van der Waals surface area contributed by atoms with Crippen LogP contribution >= 0.6 is 0 Å². The van der Waals surface area contributed by atoms with Gasteiger partial charge < -0.3 is 15.4 Å². The fourth-order valence-electron chi connectivity index (χ4n) is 2.82. The molecule has 0 spiro atoms. The van der Waals surface area contributed by atoms with Gasteiger partial charge >= 0.3 is 0 Å². The Balaban J connectivity index is 2.17. The Hall–Kier alpha value is -2.98. The van der Waals surface area contributed by atoms with Crippen LogP contribution < -0.4 is 5.73 Å². The van der Waals surface area contributed by atoms with Crippen molar-refractivity contribution >= 4 is 17.0 Å². The number of fused-ring (bicyclic) bond motifs is 1. The van der Waals surface area contributed by atoms with Gasteiger partial charge in [0.25, 0.3) is 0 Å². The van der Waals surface area contributed by atoms with Crippen molar-refractivity contribution in [1.29, 1.82) is 0 Å². The molecule has 6 nitrogen and oxygen atoms in total. The highest BCUT2D eigenvalue weighted by Crippen LogP contribution is 2.26. The molecule has 3 N–H and O–H groups in total. The summed E-state index contributed by atoms with van der Waals surface area (Å²) in [6, 6.07) is 6.21. The van der Waals surface area contributed by atoms with E-state index >= 15 is 0 Å². The second-order valence-electron chi connectivity index (χ2n) is 6.28. The zero-order chi connectivity index (χ0) is 19.6. The summed E-state index contributed by atoms with van der Waals surface area (Å²) in [5, 5.41) is 10.3. The topological polar surface area (TPSA) is 89.9 Å². The fraction of sp³-hybridized carbons (Fsp3) is 0.350. The third kappa shape index (κ3) is 3.62. The van der Waals surface area contributed by atoms with E-state index in [9.17, 15) is 9.50 Å². The monoisotopic (exact) mass is 367 g/mol. The van der Waals surface area contributed by atoms with E-state index in [4.69, 9.17) is 5.73 Å². The highest BCUT2D eigenvalue weighted by atomic mass is 19.1. The van der Waals surface area contributed by atoms with Gasteiger partial charge in [0.15, 0.2) is 17.0 Å². The highest BCUT2D eigenvalue weighted by molar-refractivity contribution is 5.85. The molecule has 0 unspecified atom stereocenters. The molecule has 3 aromatic rings. The van der Waals surface area contributed by atoms with Crippen LogP contribution in [-0.4, -0.2) is 30.2 Å². The molecule has 0 amide bonds. The van der Waals surface area contributed by atoms with Crippen molar-refractivity contribution < 1.29 is 9.50 Å². The number of aryl methyl sites for hydroxylation is 1. The molecule has 2 heterocycles. The van der Waals surface area contributed by atoms with Crippen LogP contribution in [0.3, 0.4) is 0 Å². The Morgan fingerprint density at radius 2 is 1.93 bits per heavy atom. The predicted molar refractivity (Wildman–Crippen MR) is 103 cm³/mol. The summed E-state index contributed by atoms with van der Waals surface area (Å²) in [7, 11) is 0. The Morgan fingerprint density at radius 1 is 1.19 bits per heavy atom. The summed E-state index contributed by atoms with van der Waals surface area (Å²) in [5.41, 5.74) is 6.61. The number of nitrogens with two attached hydrogens (primary N) is 1. The van der Waals surface area contributed by atoms with Crippen molar-refractivity contribution in [2.24, 2.45) is 0 Å². The number of hydrogen-bond acceptors (Lipinski definition) is 5. The van der Waals surface area contributed by atoms with E-state index in [-0.39, 0.29) is 17.5 Å². The van der Waals surface area contributed by atoms with Crippen molar-refractivity contribution in [3.8, 4) is 23.2 Å². The van der Waals surface area contributed by atoms with Crippen molar-refractivity contribution in [3.63, 3.8) is 0 Å². The lowest BCUT2D eigenvalue weighted by molar-refractivity contribution is 0.0931. The maximum absolute atomic E-state index is 13.6. The number of nitrogens with zero attached hydrogens (tertiary/aromatic N) is 4. The minimum absolute atomic E-state index is 0.200. The summed E-state index contributed by atoms with van der Waals surface area (Å²) in [5.74, 6) is 6.31. The Kier molecular flexibility index (Phi) is 5.10. The first-order valence-electron chi connectivity index (χ1n) is 8.96. The van der Waals surface area contributed by atoms with E-state index in [0.717, 1.165) is 0 Å². The molecule has 3 rings (SSSR count). The molecule has 0 aliphatic heterocycles. The van der Waals surface area contributed by atoms with Gasteiger partial charge in [-0.2, -0.15) is 0 Å². The zero-order valence-electron chi connectivity index (χ0n) is 15.6. The fourth-order valence-corrected chi connectivity index (χ4v) is 2.82. The Morgan fingerprint density at radius 3 is 2.56 bits per heavy atom. The van der Waals surface area contributed by atoms with Crippen LogP contribution in [-0.2, 0) is 6.54 Å². The predicted octanol–water partition coefficient (Wildman–Crippen LogP) is 3.14. The number of imidazole rings is 1. The van der Waals surface area contributed by atoms with Gasteiger partial charge in [-0.3, -0.25) is 0 Å². The molecule has 0 bridgehead atoms. The number of aliphatic hydroxyl groups is 1. The molecule has 0 atom stereocenters. The minimum atomic E-state index is -1.08. The van der Waals surface area contributed by atoms with Gasteiger partial charge in [-0.05, 0) is 37.8 Å². The molecule has 1 aromatic carbocycles. The summed E-state index contributed by atoms with van der Waals surface area (Å²) >= 11 is 0. The molecule has 0 radical (unpaired) electrons. The van der Waals surface area contributed by atoms with E-state index in [2.05, 4.69) is 26.8 Å². The molecule has 2 aromatic heterocycles. The van der Waals surface area contributed by atoms with Gasteiger partial charge in [0.1, 0.15) is 17.2 Å². The smallest absolute Gasteiger partial charge is 0.209 e. The molecule has 0 saturated heterocycles. The third-order valence-electron chi connectivity index (χ3n) is 4.60. The normalized spacial score (nSPS) is 11.4. The van der Waals surface area contributed by atoms with Gasteiger partial charge in [0.05, 0.1) is 0 Å². The number of rotatable bonds is 4. The van der Waals surface area contributed by atoms with Crippen LogP contribution in [0, 0.1) is 17.7 Å². The quantitative estimate of drug-likeness (QED) is 0.692. The average Bonchev–Trinajstić information content (AvgIpc) is 3.05. The average molecular weight is 367 g/mol. The lowest BCUT2D eigenvalue weighted by Gasteiger charge is -2.16. The molecule has 0 fully saturated rings. The van der Waals surface area contributed by atoms with E-state index in [1.54, 1.807) is 12.1 Å². The van der Waals surface area contributed by atoms with Crippen molar-refractivity contribution in [1.82, 2.24) is 19.5 Å². The van der Waals surface area contributed by atoms with Crippen LogP contribution in [0.1, 0.15) is 39.4 Å². The van der Waals surface area contributed by atoms with Crippen LogP contribution in [0.4, 0.5) is 10.2 Å². The van der Waals surface area contributed by atoms with Crippen LogP contribution in [0.2, 0.25) is 0 Å². The molecule has 7 heteroatoms. The zero-order valence-corrected chi connectivity index (χ0v) is 15.6. The lowest BCUT2D eigenvalue weighted by atomic mass is 9.98. The molecular weight excluding hydrogens is 345 g/mol. The first kappa shape index (κ1) is 18.8. The van der Waals surface area contributed by atoms with E-state index in [0.29, 0.717) is 41.9 Å². The minimum Gasteiger partial charge on any atom is -0.382 e. The molecule has 140 valence electrons. The third-order valence-corrected chi connectivity index (χ3v) is 4.60. The largest absolute Gasteiger partial charge is 0.382 e. The van der Waals surface area contributed by atoms with Gasteiger partial charge in [-0.25, -0.2) is 19.3 Å². The Labute approximate surface area is 157 Å². The first-order chi connectivity index (χ1) is 12.9. The number of benzene rings is 1. The van der Waals surface area contributed by atoms with E-state index in [1.807, 2.05) is 25.3 Å². The first-order valence-corrected chi connectivity index (χ1v) is 8.96. The number of aromatic nitrogens is 4. The summed E-state index contributed by atoms with van der Waals surface area (Å²) in [4.78, 5) is 13.2. The van der Waals surface area contributed by atoms with Crippen molar-refractivity contribution in [2.75, 3.05) is 5.73 Å². The standard InChI is InChI=1S/C20H22FN5O/c1-4-20(27,5-2)11-10-15-23-17(22)16-19(24-15)26(6-3)18(25-16)13-8-7-9-14(21)12-13/h7-9,12,27H,4-6H2,1-3H3,(H2,22,23,24). The van der Waals surface area contributed by atoms with Gasteiger partial charge in [-0.15, -0.1) is 0 Å². The lowest BCUT2D eigenvalue weighted by Crippen LogP contribution is -2.23. The number of hydrogen-bond donors (Lipinski definition) is 2. The van der Waals surface area contributed by atoms with Crippen LogP contribution in [0.15, 0.2) is 24.3 Å². The molecule has 0 aliphatic carbocycles. The maximum Gasteiger partial charge on any atom is 0.209 e. The maximum atomic E-state index is 13.6. The molecule has 0 saturated carbocycles. The second kappa shape index (κ2) is 7.33. The SMILES string of the molecule is CCn1c(-c2cccc(F)c2)nc2c(N)nc(C#CC(O)(CC)CC)nc21. The van der Waals surface area contributed by atoms with Crippen molar-refractivity contribution in [2.45, 2.75) is 45.8 Å². The summed E-state index contributed by atoms with van der Waals surface area (Å²) in [6.45, 7) is 6.25. The number of nitrogen functional groups attached to an aromatic ring is 1. The molecular formula is C20H22FN5O. The van der Waals surface area contributed by atoms with Gasteiger partial charge in [0.2, 0.25) is 5.82 Å².